The van der Waals surface area contributed by atoms with Crippen LogP contribution in [0.1, 0.15) is 25.3 Å². The lowest BCUT2D eigenvalue weighted by atomic mass is 10.2. The van der Waals surface area contributed by atoms with Gasteiger partial charge in [-0.15, -0.1) is 0 Å². The van der Waals surface area contributed by atoms with Crippen LogP contribution in [0.3, 0.4) is 0 Å². The predicted octanol–water partition coefficient (Wildman–Crippen LogP) is 2.65. The molecule has 0 amide bonds. The molecule has 2 heterocycles. The standard InChI is InChI=1S/C18H20F2N4O5S2/c1-11(17(25)26)29-15-9-14(23-31(27,28)24-7-2-3-8-24)21-18(22-15)30-10-12-5-4-6-13(19)16(12)20/h4-6,9,11H,2-3,7-8,10H2,1H3,(H,25,26)(H,21,22,23)/t11-/m1/s1. The number of aromatic nitrogens is 2. The van der Waals surface area contributed by atoms with Crippen LogP contribution in [0, 0.1) is 11.6 Å². The molecule has 168 valence electrons. The molecule has 0 aliphatic carbocycles. The molecule has 1 aliphatic heterocycles. The Morgan fingerprint density at radius 2 is 2.03 bits per heavy atom. The van der Waals surface area contributed by atoms with Crippen molar-refractivity contribution in [3.05, 3.63) is 41.5 Å². The summed E-state index contributed by atoms with van der Waals surface area (Å²) < 4.78 is 61.2. The maximum atomic E-state index is 13.9. The van der Waals surface area contributed by atoms with Crippen molar-refractivity contribution in [2.75, 3.05) is 17.8 Å². The summed E-state index contributed by atoms with van der Waals surface area (Å²) in [6.45, 7) is 2.04. The van der Waals surface area contributed by atoms with E-state index in [0.29, 0.717) is 13.1 Å². The molecule has 0 bridgehead atoms. The summed E-state index contributed by atoms with van der Waals surface area (Å²) in [5.41, 5.74) is 0.0676. The van der Waals surface area contributed by atoms with Crippen molar-refractivity contribution < 1.29 is 31.8 Å². The number of anilines is 1. The van der Waals surface area contributed by atoms with Gasteiger partial charge in [0.2, 0.25) is 5.88 Å². The number of carbonyl (C=O) groups is 1. The maximum Gasteiger partial charge on any atom is 0.344 e. The van der Waals surface area contributed by atoms with E-state index in [1.54, 1.807) is 0 Å². The van der Waals surface area contributed by atoms with Crippen molar-refractivity contribution in [2.24, 2.45) is 0 Å². The lowest BCUT2D eigenvalue weighted by Crippen LogP contribution is -2.33. The summed E-state index contributed by atoms with van der Waals surface area (Å²) in [4.78, 5) is 19.2. The summed E-state index contributed by atoms with van der Waals surface area (Å²) in [5.74, 6) is -3.58. The molecule has 1 aromatic heterocycles. The number of carboxylic acid groups (broad SMARTS) is 1. The molecule has 1 aliphatic rings. The summed E-state index contributed by atoms with van der Waals surface area (Å²) in [5, 5.41) is 9.05. The maximum absolute atomic E-state index is 13.9. The largest absolute Gasteiger partial charge is 0.479 e. The molecule has 0 unspecified atom stereocenters. The Labute approximate surface area is 182 Å². The van der Waals surface area contributed by atoms with E-state index in [1.807, 2.05) is 0 Å². The van der Waals surface area contributed by atoms with Crippen LogP contribution in [-0.2, 0) is 20.8 Å². The van der Waals surface area contributed by atoms with Crippen LogP contribution in [0.5, 0.6) is 5.88 Å². The second kappa shape index (κ2) is 9.75. The van der Waals surface area contributed by atoms with Gasteiger partial charge in [-0.1, -0.05) is 23.9 Å². The average Bonchev–Trinajstić information content (AvgIpc) is 3.24. The second-order valence-electron chi connectivity index (χ2n) is 6.69. The Bertz CT molecular complexity index is 1060. The first-order chi connectivity index (χ1) is 14.7. The van der Waals surface area contributed by atoms with E-state index in [9.17, 15) is 22.0 Å². The van der Waals surface area contributed by atoms with Crippen molar-refractivity contribution in [2.45, 2.75) is 36.8 Å². The zero-order chi connectivity index (χ0) is 22.6. The van der Waals surface area contributed by atoms with E-state index in [0.717, 1.165) is 30.7 Å². The summed E-state index contributed by atoms with van der Waals surface area (Å²) >= 11 is 0.914. The number of halogens is 2. The highest BCUT2D eigenvalue weighted by Crippen LogP contribution is 2.27. The van der Waals surface area contributed by atoms with Gasteiger partial charge in [-0.25, -0.2) is 18.6 Å². The van der Waals surface area contributed by atoms with Crippen molar-refractivity contribution in [1.82, 2.24) is 14.3 Å². The summed E-state index contributed by atoms with van der Waals surface area (Å²) in [7, 11) is -3.87. The molecule has 1 aromatic carbocycles. The molecule has 0 saturated carbocycles. The molecule has 1 saturated heterocycles. The molecule has 0 radical (unpaired) electrons. The number of thioether (sulfide) groups is 1. The third-order valence-corrected chi connectivity index (χ3v) is 6.76. The van der Waals surface area contributed by atoms with Crippen molar-refractivity contribution in [3.8, 4) is 5.88 Å². The number of hydrogen-bond donors (Lipinski definition) is 2. The first-order valence-corrected chi connectivity index (χ1v) is 11.7. The van der Waals surface area contributed by atoms with Gasteiger partial charge in [-0.05, 0) is 25.8 Å². The lowest BCUT2D eigenvalue weighted by Gasteiger charge is -2.17. The molecule has 3 rings (SSSR count). The molecule has 2 aromatic rings. The van der Waals surface area contributed by atoms with Crippen LogP contribution in [0.2, 0.25) is 0 Å². The summed E-state index contributed by atoms with van der Waals surface area (Å²) in [6.07, 6.45) is 0.238. The fraction of sp³-hybridized carbons (Fsp3) is 0.389. The molecule has 1 fully saturated rings. The normalized spacial score (nSPS) is 15.6. The van der Waals surface area contributed by atoms with Gasteiger partial charge in [0.15, 0.2) is 22.9 Å². The lowest BCUT2D eigenvalue weighted by molar-refractivity contribution is -0.144. The molecule has 31 heavy (non-hydrogen) atoms. The molecule has 9 nitrogen and oxygen atoms in total. The third kappa shape index (κ3) is 6.02. The van der Waals surface area contributed by atoms with Gasteiger partial charge < -0.3 is 9.84 Å². The number of hydrogen-bond acceptors (Lipinski definition) is 7. The van der Waals surface area contributed by atoms with E-state index in [2.05, 4.69) is 14.7 Å². The van der Waals surface area contributed by atoms with E-state index >= 15 is 0 Å². The number of aliphatic carboxylic acids is 1. The fourth-order valence-electron chi connectivity index (χ4n) is 2.74. The molecule has 13 heteroatoms. The minimum absolute atomic E-state index is 0.00197. The molecular weight excluding hydrogens is 454 g/mol. The molecule has 1 atom stereocenters. The van der Waals surface area contributed by atoms with Gasteiger partial charge >= 0.3 is 16.2 Å². The van der Waals surface area contributed by atoms with Gasteiger partial charge in [0, 0.05) is 30.5 Å². The Hall–Kier alpha value is -2.51. The van der Waals surface area contributed by atoms with Gasteiger partial charge in [0.05, 0.1) is 0 Å². The van der Waals surface area contributed by atoms with E-state index in [4.69, 9.17) is 9.84 Å². The van der Waals surface area contributed by atoms with Crippen LogP contribution in [-0.4, -0.2) is 53.0 Å². The zero-order valence-corrected chi connectivity index (χ0v) is 18.0. The second-order valence-corrected chi connectivity index (χ2v) is 9.30. The fourth-order valence-corrected chi connectivity index (χ4v) is 4.80. The van der Waals surface area contributed by atoms with E-state index in [-0.39, 0.29) is 28.2 Å². The zero-order valence-electron chi connectivity index (χ0n) is 16.4. The van der Waals surface area contributed by atoms with Gasteiger partial charge in [-0.3, -0.25) is 4.72 Å². The highest BCUT2D eigenvalue weighted by atomic mass is 32.2. The number of ether oxygens (including phenoxy) is 1. The number of nitrogens with one attached hydrogen (secondary N) is 1. The number of carboxylic acids is 1. The highest BCUT2D eigenvalue weighted by molar-refractivity contribution is 7.98. The molecular formula is C18H20F2N4O5S2. The minimum atomic E-state index is -3.87. The quantitative estimate of drug-likeness (QED) is 0.420. The first-order valence-electron chi connectivity index (χ1n) is 9.28. The van der Waals surface area contributed by atoms with Crippen molar-refractivity contribution in [1.29, 1.82) is 0 Å². The number of rotatable bonds is 9. The molecule has 0 spiro atoms. The smallest absolute Gasteiger partial charge is 0.344 e. The van der Waals surface area contributed by atoms with Crippen LogP contribution < -0.4 is 9.46 Å². The van der Waals surface area contributed by atoms with Crippen molar-refractivity contribution in [3.63, 3.8) is 0 Å². The monoisotopic (exact) mass is 474 g/mol. The number of benzene rings is 1. The van der Waals surface area contributed by atoms with Crippen LogP contribution in [0.4, 0.5) is 14.6 Å². The van der Waals surface area contributed by atoms with Crippen LogP contribution in [0.25, 0.3) is 0 Å². The number of nitrogens with zero attached hydrogens (tertiary/aromatic N) is 3. The minimum Gasteiger partial charge on any atom is -0.479 e. The van der Waals surface area contributed by atoms with Gasteiger partial charge in [0.1, 0.15) is 5.82 Å². The van der Waals surface area contributed by atoms with Crippen molar-refractivity contribution >= 4 is 33.8 Å². The predicted molar refractivity (Wildman–Crippen MR) is 109 cm³/mol. The Balaban J connectivity index is 1.85. The average molecular weight is 475 g/mol. The van der Waals surface area contributed by atoms with E-state index < -0.39 is 33.9 Å². The highest BCUT2D eigenvalue weighted by Gasteiger charge is 2.26. The Morgan fingerprint density at radius 1 is 1.32 bits per heavy atom. The topological polar surface area (TPSA) is 122 Å². The van der Waals surface area contributed by atoms with Gasteiger partial charge in [-0.2, -0.15) is 17.7 Å². The Kier molecular flexibility index (Phi) is 7.28. The van der Waals surface area contributed by atoms with Crippen LogP contribution >= 0.6 is 11.8 Å². The van der Waals surface area contributed by atoms with Gasteiger partial charge in [0.25, 0.3) is 0 Å². The van der Waals surface area contributed by atoms with Crippen LogP contribution in [0.15, 0.2) is 29.4 Å². The Morgan fingerprint density at radius 3 is 2.71 bits per heavy atom. The third-order valence-electron chi connectivity index (χ3n) is 4.35. The SMILES string of the molecule is C[C@@H](Oc1cc(NS(=O)(=O)N2CCCC2)nc(SCc2cccc(F)c2F)n1)C(=O)O. The molecule has 2 N–H and O–H groups in total. The summed E-state index contributed by atoms with van der Waals surface area (Å²) in [6, 6.07) is 4.92. The first kappa shape index (κ1) is 23.2. The van der Waals surface area contributed by atoms with E-state index in [1.165, 1.54) is 29.4 Å².